The Balaban J connectivity index is 1.69. The highest BCUT2D eigenvalue weighted by molar-refractivity contribution is 5.37. The van der Waals surface area contributed by atoms with Crippen LogP contribution in [0.2, 0.25) is 0 Å². The first-order valence-electron chi connectivity index (χ1n) is 6.25. The molecule has 1 aliphatic rings. The zero-order chi connectivity index (χ0) is 12.1. The fraction of sp³-hybridized carbons (Fsp3) is 0.667. The molecule has 0 unspecified atom stereocenters. The number of nitrogens with zero attached hydrogens (tertiary/aromatic N) is 3. The van der Waals surface area contributed by atoms with Crippen molar-refractivity contribution in [3.63, 3.8) is 0 Å². The summed E-state index contributed by atoms with van der Waals surface area (Å²) in [5, 5.41) is 3.30. The van der Waals surface area contributed by atoms with Crippen molar-refractivity contribution in [1.82, 2.24) is 14.9 Å². The first-order chi connectivity index (χ1) is 8.24. The van der Waals surface area contributed by atoms with Crippen LogP contribution in [0, 0.1) is 5.92 Å². The fourth-order valence-electron chi connectivity index (χ4n) is 2.23. The van der Waals surface area contributed by atoms with E-state index in [-0.39, 0.29) is 0 Å². The number of anilines is 2. The number of rotatable bonds is 4. The number of nitrogens with one attached hydrogen (secondary N) is 1. The molecular formula is C12H21N5. The van der Waals surface area contributed by atoms with Gasteiger partial charge in [0.05, 0.1) is 0 Å². The molecule has 0 amide bonds. The Morgan fingerprint density at radius 2 is 2.24 bits per heavy atom. The third kappa shape index (κ3) is 3.85. The molecule has 3 N–H and O–H groups in total. The van der Waals surface area contributed by atoms with Crippen molar-refractivity contribution >= 4 is 11.8 Å². The molecule has 1 aliphatic heterocycles. The number of piperidine rings is 1. The minimum atomic E-state index is 0.328. The average molecular weight is 235 g/mol. The van der Waals surface area contributed by atoms with Gasteiger partial charge >= 0.3 is 0 Å². The van der Waals surface area contributed by atoms with E-state index in [1.165, 1.54) is 32.4 Å². The van der Waals surface area contributed by atoms with Gasteiger partial charge in [-0.15, -0.1) is 0 Å². The van der Waals surface area contributed by atoms with Crippen molar-refractivity contribution in [1.29, 1.82) is 0 Å². The van der Waals surface area contributed by atoms with Crippen LogP contribution in [0.5, 0.6) is 0 Å². The number of hydrogen-bond donors (Lipinski definition) is 2. The molecular weight excluding hydrogens is 214 g/mol. The Bertz CT molecular complexity index is 347. The maximum absolute atomic E-state index is 5.52. The summed E-state index contributed by atoms with van der Waals surface area (Å²) in [6.45, 7) is 3.42. The van der Waals surface area contributed by atoms with E-state index < -0.39 is 0 Å². The number of nitrogens with two attached hydrogens (primary N) is 1. The summed E-state index contributed by atoms with van der Waals surface area (Å²) in [6, 6.07) is 1.85. The predicted molar refractivity (Wildman–Crippen MR) is 69.8 cm³/mol. The molecule has 0 radical (unpaired) electrons. The minimum absolute atomic E-state index is 0.328. The molecule has 94 valence electrons. The summed E-state index contributed by atoms with van der Waals surface area (Å²) in [7, 11) is 2.19. The van der Waals surface area contributed by atoms with Crippen molar-refractivity contribution in [2.45, 2.75) is 19.3 Å². The van der Waals surface area contributed by atoms with Crippen LogP contribution in [0.3, 0.4) is 0 Å². The third-order valence-corrected chi connectivity index (χ3v) is 3.37. The quantitative estimate of drug-likeness (QED) is 0.821. The number of likely N-dealkylation sites (tertiary alicyclic amines) is 1. The van der Waals surface area contributed by atoms with Gasteiger partial charge in [-0.25, -0.2) is 4.98 Å². The van der Waals surface area contributed by atoms with E-state index in [2.05, 4.69) is 27.2 Å². The van der Waals surface area contributed by atoms with Gasteiger partial charge in [-0.3, -0.25) is 0 Å². The van der Waals surface area contributed by atoms with Crippen molar-refractivity contribution < 1.29 is 0 Å². The number of hydrogen-bond acceptors (Lipinski definition) is 5. The molecule has 1 aromatic rings. The van der Waals surface area contributed by atoms with Gasteiger partial charge in [0.1, 0.15) is 5.82 Å². The summed E-state index contributed by atoms with van der Waals surface area (Å²) in [6.07, 6.45) is 5.51. The van der Waals surface area contributed by atoms with E-state index in [0.29, 0.717) is 5.95 Å². The molecule has 5 heteroatoms. The van der Waals surface area contributed by atoms with Gasteiger partial charge in [0, 0.05) is 12.7 Å². The molecule has 0 spiro atoms. The molecule has 0 aliphatic carbocycles. The Hall–Kier alpha value is -1.36. The van der Waals surface area contributed by atoms with E-state index in [1.807, 2.05) is 6.07 Å². The summed E-state index contributed by atoms with van der Waals surface area (Å²) >= 11 is 0. The maximum Gasteiger partial charge on any atom is 0.221 e. The average Bonchev–Trinajstić information content (AvgIpc) is 2.32. The Morgan fingerprint density at radius 3 is 2.94 bits per heavy atom. The van der Waals surface area contributed by atoms with Crippen LogP contribution in [-0.2, 0) is 0 Å². The number of aromatic nitrogens is 2. The molecule has 0 bridgehead atoms. The highest BCUT2D eigenvalue weighted by atomic mass is 15.1. The lowest BCUT2D eigenvalue weighted by Gasteiger charge is -2.28. The zero-order valence-corrected chi connectivity index (χ0v) is 10.4. The van der Waals surface area contributed by atoms with Crippen molar-refractivity contribution in [2.24, 2.45) is 5.92 Å². The Kier molecular flexibility index (Phi) is 4.14. The van der Waals surface area contributed by atoms with E-state index in [1.54, 1.807) is 6.20 Å². The third-order valence-electron chi connectivity index (χ3n) is 3.37. The van der Waals surface area contributed by atoms with E-state index >= 15 is 0 Å². The van der Waals surface area contributed by atoms with Crippen LogP contribution in [0.15, 0.2) is 12.3 Å². The lowest BCUT2D eigenvalue weighted by atomic mass is 9.94. The second kappa shape index (κ2) is 5.82. The summed E-state index contributed by atoms with van der Waals surface area (Å²) in [5.41, 5.74) is 5.52. The summed E-state index contributed by atoms with van der Waals surface area (Å²) in [4.78, 5) is 10.4. The van der Waals surface area contributed by atoms with Crippen LogP contribution in [0.1, 0.15) is 19.3 Å². The highest BCUT2D eigenvalue weighted by Crippen LogP contribution is 2.19. The van der Waals surface area contributed by atoms with Gasteiger partial charge in [0.15, 0.2) is 0 Å². The molecule has 0 saturated carbocycles. The first kappa shape index (κ1) is 12.1. The monoisotopic (exact) mass is 235 g/mol. The smallest absolute Gasteiger partial charge is 0.221 e. The van der Waals surface area contributed by atoms with Gasteiger partial charge in [0.2, 0.25) is 5.95 Å². The highest BCUT2D eigenvalue weighted by Gasteiger charge is 2.15. The van der Waals surface area contributed by atoms with Gasteiger partial charge in [-0.1, -0.05) is 0 Å². The largest absolute Gasteiger partial charge is 0.370 e. The zero-order valence-electron chi connectivity index (χ0n) is 10.4. The van der Waals surface area contributed by atoms with Crippen LogP contribution in [0.4, 0.5) is 11.8 Å². The number of nitrogen functional groups attached to an aromatic ring is 1. The predicted octanol–water partition coefficient (Wildman–Crippen LogP) is 1.20. The van der Waals surface area contributed by atoms with Crippen molar-refractivity contribution in [2.75, 3.05) is 37.7 Å². The van der Waals surface area contributed by atoms with Crippen molar-refractivity contribution in [3.05, 3.63) is 12.3 Å². The standard InChI is InChI=1S/C12H21N5/c1-17-8-4-10(5-9-17)2-6-14-11-3-7-15-12(13)16-11/h3,7,10H,2,4-6,8-9H2,1H3,(H3,13,14,15,16). The van der Waals surface area contributed by atoms with Gasteiger partial charge in [-0.2, -0.15) is 4.98 Å². The first-order valence-corrected chi connectivity index (χ1v) is 6.25. The molecule has 0 atom stereocenters. The van der Waals surface area contributed by atoms with Gasteiger partial charge in [0.25, 0.3) is 0 Å². The van der Waals surface area contributed by atoms with E-state index in [4.69, 9.17) is 5.73 Å². The molecule has 1 aromatic heterocycles. The molecule has 0 aromatic carbocycles. The second-order valence-corrected chi connectivity index (χ2v) is 4.76. The van der Waals surface area contributed by atoms with Crippen LogP contribution in [0.25, 0.3) is 0 Å². The lowest BCUT2D eigenvalue weighted by Crippen LogP contribution is -2.30. The lowest BCUT2D eigenvalue weighted by molar-refractivity contribution is 0.215. The molecule has 2 heterocycles. The SMILES string of the molecule is CN1CCC(CCNc2ccnc(N)n2)CC1. The second-order valence-electron chi connectivity index (χ2n) is 4.76. The summed E-state index contributed by atoms with van der Waals surface area (Å²) in [5.74, 6) is 2.00. The normalized spacial score (nSPS) is 18.2. The minimum Gasteiger partial charge on any atom is -0.370 e. The molecule has 17 heavy (non-hydrogen) atoms. The van der Waals surface area contributed by atoms with E-state index in [0.717, 1.165) is 18.3 Å². The Morgan fingerprint density at radius 1 is 1.47 bits per heavy atom. The van der Waals surface area contributed by atoms with Crippen LogP contribution in [-0.4, -0.2) is 41.5 Å². The molecule has 5 nitrogen and oxygen atoms in total. The van der Waals surface area contributed by atoms with Crippen LogP contribution < -0.4 is 11.1 Å². The summed E-state index contributed by atoms with van der Waals surface area (Å²) < 4.78 is 0. The van der Waals surface area contributed by atoms with Crippen LogP contribution >= 0.6 is 0 Å². The maximum atomic E-state index is 5.52. The molecule has 1 saturated heterocycles. The molecule has 2 rings (SSSR count). The van der Waals surface area contributed by atoms with Crippen molar-refractivity contribution in [3.8, 4) is 0 Å². The van der Waals surface area contributed by atoms with Gasteiger partial charge < -0.3 is 16.0 Å². The topological polar surface area (TPSA) is 67.1 Å². The van der Waals surface area contributed by atoms with E-state index in [9.17, 15) is 0 Å². The fourth-order valence-corrected chi connectivity index (χ4v) is 2.23. The van der Waals surface area contributed by atoms with Gasteiger partial charge in [-0.05, 0) is 51.4 Å². The molecule has 1 fully saturated rings. The Labute approximate surface area is 102 Å².